The van der Waals surface area contributed by atoms with Gasteiger partial charge in [-0.3, -0.25) is 37.3 Å². The summed E-state index contributed by atoms with van der Waals surface area (Å²) in [6.45, 7) is 14.0. The summed E-state index contributed by atoms with van der Waals surface area (Å²) in [5.41, 5.74) is 0. The zero-order valence-electron chi connectivity index (χ0n) is 55.2. The van der Waals surface area contributed by atoms with E-state index in [1.807, 2.05) is 0 Å². The highest BCUT2D eigenvalue weighted by atomic mass is 31.2. The van der Waals surface area contributed by atoms with Gasteiger partial charge in [-0.05, 0) is 49.4 Å². The van der Waals surface area contributed by atoms with Crippen LogP contribution in [-0.4, -0.2) is 96.7 Å². The molecule has 0 amide bonds. The summed E-state index contributed by atoms with van der Waals surface area (Å²) in [5, 5.41) is 10.6. The lowest BCUT2D eigenvalue weighted by Gasteiger charge is -2.21. The van der Waals surface area contributed by atoms with E-state index in [0.29, 0.717) is 25.7 Å². The first-order valence-corrected chi connectivity index (χ1v) is 37.2. The van der Waals surface area contributed by atoms with Crippen LogP contribution in [0.4, 0.5) is 0 Å². The zero-order valence-corrected chi connectivity index (χ0v) is 57.0. The van der Waals surface area contributed by atoms with Crippen molar-refractivity contribution in [1.82, 2.24) is 0 Å². The molecule has 6 atom stereocenters. The van der Waals surface area contributed by atoms with Gasteiger partial charge in [-0.15, -0.1) is 0 Å². The van der Waals surface area contributed by atoms with E-state index < -0.39 is 97.5 Å². The normalized spacial score (nSPS) is 14.7. The molecule has 0 fully saturated rings. The van der Waals surface area contributed by atoms with Crippen LogP contribution in [0.2, 0.25) is 0 Å². The summed E-state index contributed by atoms with van der Waals surface area (Å²) in [7, 11) is -9.89. The maximum atomic E-state index is 13.0. The van der Waals surface area contributed by atoms with Crippen LogP contribution >= 0.6 is 15.6 Å². The molecule has 85 heavy (non-hydrogen) atoms. The molecule has 0 spiro atoms. The van der Waals surface area contributed by atoms with Crippen molar-refractivity contribution in [3.63, 3.8) is 0 Å². The smallest absolute Gasteiger partial charge is 0.462 e. The van der Waals surface area contributed by atoms with E-state index in [9.17, 15) is 43.2 Å². The lowest BCUT2D eigenvalue weighted by Crippen LogP contribution is -2.30. The van der Waals surface area contributed by atoms with Crippen molar-refractivity contribution in [3.8, 4) is 0 Å². The topological polar surface area (TPSA) is 237 Å². The highest BCUT2D eigenvalue weighted by Crippen LogP contribution is 2.45. The van der Waals surface area contributed by atoms with Gasteiger partial charge in [0.1, 0.15) is 19.3 Å². The third-order valence-corrected chi connectivity index (χ3v) is 17.3. The number of unbranched alkanes of at least 4 members (excludes halogenated alkanes) is 28. The number of aliphatic hydroxyl groups excluding tert-OH is 1. The minimum atomic E-state index is -4.95. The molecule has 0 aliphatic heterocycles. The largest absolute Gasteiger partial charge is 0.472 e. The van der Waals surface area contributed by atoms with Gasteiger partial charge in [0.05, 0.1) is 26.4 Å². The van der Waals surface area contributed by atoms with Crippen LogP contribution < -0.4 is 0 Å². The van der Waals surface area contributed by atoms with Crippen molar-refractivity contribution in [2.75, 3.05) is 39.6 Å². The second-order valence-corrected chi connectivity index (χ2v) is 28.4. The Balaban J connectivity index is 5.26. The van der Waals surface area contributed by atoms with Crippen LogP contribution in [-0.2, 0) is 65.4 Å². The first-order valence-electron chi connectivity index (χ1n) is 34.2. The fourth-order valence-electron chi connectivity index (χ4n) is 9.75. The molecule has 0 aliphatic carbocycles. The van der Waals surface area contributed by atoms with Gasteiger partial charge in [-0.25, -0.2) is 9.13 Å². The van der Waals surface area contributed by atoms with E-state index in [2.05, 4.69) is 55.4 Å². The van der Waals surface area contributed by atoms with Crippen LogP contribution in [0.25, 0.3) is 0 Å². The van der Waals surface area contributed by atoms with Crippen LogP contribution in [0.5, 0.6) is 0 Å². The van der Waals surface area contributed by atoms with E-state index in [1.165, 1.54) is 116 Å². The van der Waals surface area contributed by atoms with E-state index in [-0.39, 0.29) is 25.7 Å². The minimum absolute atomic E-state index is 0.103. The van der Waals surface area contributed by atoms with E-state index in [0.717, 1.165) is 120 Å². The molecule has 0 radical (unpaired) electrons. The van der Waals surface area contributed by atoms with Crippen molar-refractivity contribution < 1.29 is 80.2 Å². The van der Waals surface area contributed by atoms with Crippen LogP contribution in [0.3, 0.4) is 0 Å². The first kappa shape index (κ1) is 83.1. The fraction of sp³-hybridized carbons (Fsp3) is 0.939. The van der Waals surface area contributed by atoms with Gasteiger partial charge >= 0.3 is 39.5 Å². The van der Waals surface area contributed by atoms with Crippen LogP contribution in [0.15, 0.2) is 0 Å². The Bertz CT molecular complexity index is 1700. The van der Waals surface area contributed by atoms with Crippen molar-refractivity contribution in [3.05, 3.63) is 0 Å². The molecule has 0 aromatic heterocycles. The number of hydrogen-bond acceptors (Lipinski definition) is 15. The van der Waals surface area contributed by atoms with Crippen LogP contribution in [0, 0.1) is 23.7 Å². The van der Waals surface area contributed by atoms with Crippen molar-refractivity contribution in [2.45, 2.75) is 337 Å². The summed E-state index contributed by atoms with van der Waals surface area (Å²) in [4.78, 5) is 72.3. The average Bonchev–Trinajstić information content (AvgIpc) is 3.51. The molecular weight excluding hydrogens is 1130 g/mol. The number of phosphoric acid groups is 2. The van der Waals surface area contributed by atoms with Gasteiger partial charge < -0.3 is 33.8 Å². The number of ether oxygens (including phenoxy) is 4. The molecule has 0 heterocycles. The molecule has 0 saturated carbocycles. The number of esters is 4. The summed E-state index contributed by atoms with van der Waals surface area (Å²) >= 11 is 0. The lowest BCUT2D eigenvalue weighted by atomic mass is 10.00. The number of aliphatic hydroxyl groups is 1. The summed E-state index contributed by atoms with van der Waals surface area (Å²) in [5.74, 6) is 0.790. The molecule has 504 valence electrons. The number of rotatable bonds is 63. The first-order chi connectivity index (χ1) is 40.6. The highest BCUT2D eigenvalue weighted by Gasteiger charge is 2.30. The molecule has 19 heteroatoms. The Labute approximate surface area is 517 Å². The molecular formula is C66H128O17P2. The Morgan fingerprint density at radius 2 is 0.565 bits per heavy atom. The Morgan fingerprint density at radius 1 is 0.329 bits per heavy atom. The van der Waals surface area contributed by atoms with Crippen molar-refractivity contribution >= 4 is 39.5 Å². The number of hydrogen-bond donors (Lipinski definition) is 3. The molecule has 3 N–H and O–H groups in total. The maximum absolute atomic E-state index is 13.0. The van der Waals surface area contributed by atoms with E-state index >= 15 is 0 Å². The molecule has 0 saturated heterocycles. The van der Waals surface area contributed by atoms with Gasteiger partial charge in [0.15, 0.2) is 12.2 Å². The summed E-state index contributed by atoms with van der Waals surface area (Å²) in [6, 6.07) is 0. The maximum Gasteiger partial charge on any atom is 0.472 e. The molecule has 0 aliphatic rings. The molecule has 3 unspecified atom stereocenters. The van der Waals surface area contributed by atoms with Gasteiger partial charge in [0.25, 0.3) is 0 Å². The average molecular weight is 1260 g/mol. The van der Waals surface area contributed by atoms with E-state index in [4.69, 9.17) is 37.0 Å². The second-order valence-electron chi connectivity index (χ2n) is 25.5. The van der Waals surface area contributed by atoms with Gasteiger partial charge in [0, 0.05) is 25.7 Å². The van der Waals surface area contributed by atoms with Gasteiger partial charge in [-0.2, -0.15) is 0 Å². The monoisotopic (exact) mass is 1250 g/mol. The summed E-state index contributed by atoms with van der Waals surface area (Å²) < 4.78 is 68.1. The van der Waals surface area contributed by atoms with Gasteiger partial charge in [-0.1, -0.05) is 267 Å². The Kier molecular flexibility index (Phi) is 54.8. The standard InChI is InChI=1S/C66H128O17P2/c1-9-59(8)45-37-29-24-25-31-39-47-64(69)77-53-62(82-65(70)48-40-32-22-13-11-10-12-18-26-34-42-56(2)3)55-81-85(74,75)79-51-60(67)50-78-84(72,73)80-54-61(83-66(71)49-41-33-23-17-15-20-28-36-44-58(6)7)52-76-63(68)46-38-30-21-16-14-19-27-35-43-57(4)5/h56-62,67H,9-55H2,1-8H3,(H,72,73)(H,74,75)/t59?,60-,61-,62-/m1/s1. The quantitative estimate of drug-likeness (QED) is 0.0222. The molecule has 0 bridgehead atoms. The number of carbonyl (C=O) groups is 4. The molecule has 0 aromatic rings. The Hall–Kier alpha value is -1.94. The predicted octanol–water partition coefficient (Wildman–Crippen LogP) is 18.1. The second kappa shape index (κ2) is 56.1. The van der Waals surface area contributed by atoms with E-state index in [1.54, 1.807) is 0 Å². The SMILES string of the molecule is CCC(C)CCCCCCCCC(=O)OC[C@H](COP(=O)(O)OC[C@H](O)COP(=O)(O)OC[C@@H](COC(=O)CCCCCCCCCCC(C)C)OC(=O)CCCCCCCCCCC(C)C)OC(=O)CCCCCCCCCCCCC(C)C. The number of phosphoric ester groups is 2. The highest BCUT2D eigenvalue weighted by molar-refractivity contribution is 7.47. The van der Waals surface area contributed by atoms with Crippen LogP contribution in [0.1, 0.15) is 319 Å². The lowest BCUT2D eigenvalue weighted by molar-refractivity contribution is -0.161. The fourth-order valence-corrected chi connectivity index (χ4v) is 11.3. The third-order valence-electron chi connectivity index (χ3n) is 15.4. The van der Waals surface area contributed by atoms with Gasteiger partial charge in [0.2, 0.25) is 0 Å². The van der Waals surface area contributed by atoms with Crippen molar-refractivity contribution in [1.29, 1.82) is 0 Å². The molecule has 0 rings (SSSR count). The third kappa shape index (κ3) is 59.5. The van der Waals surface area contributed by atoms with Crippen molar-refractivity contribution in [2.24, 2.45) is 23.7 Å². The summed E-state index contributed by atoms with van der Waals surface area (Å²) in [6.07, 6.45) is 36.3. The predicted molar refractivity (Wildman–Crippen MR) is 340 cm³/mol. The minimum Gasteiger partial charge on any atom is -0.462 e. The molecule has 0 aromatic carbocycles. The zero-order chi connectivity index (χ0) is 63.2. The number of carbonyl (C=O) groups excluding carboxylic acids is 4. The molecule has 17 nitrogen and oxygen atoms in total. The Morgan fingerprint density at radius 3 is 0.835 bits per heavy atom.